The van der Waals surface area contributed by atoms with Crippen molar-refractivity contribution >= 4 is 5.91 Å². The second-order valence-electron chi connectivity index (χ2n) is 6.16. The molecule has 1 N–H and O–H groups in total. The van der Waals surface area contributed by atoms with Gasteiger partial charge in [-0.2, -0.15) is 0 Å². The summed E-state index contributed by atoms with van der Waals surface area (Å²) in [7, 11) is 1.60. The first-order valence-electron chi connectivity index (χ1n) is 8.20. The number of methoxy groups -OCH3 is 1. The van der Waals surface area contributed by atoms with Gasteiger partial charge in [-0.15, -0.1) is 0 Å². The van der Waals surface area contributed by atoms with Gasteiger partial charge in [0.25, 0.3) is 5.89 Å². The molecule has 1 aromatic heterocycles. The summed E-state index contributed by atoms with van der Waals surface area (Å²) in [5.74, 6) is 0.678. The van der Waals surface area contributed by atoms with Crippen LogP contribution in [0, 0.1) is 0 Å². The highest BCUT2D eigenvalue weighted by molar-refractivity contribution is 5.89. The molecule has 0 saturated heterocycles. The number of hydrogen-bond donors (Lipinski definition) is 1. The van der Waals surface area contributed by atoms with Gasteiger partial charge in [0, 0.05) is 39.2 Å². The smallest absolute Gasteiger partial charge is 0.307 e. The van der Waals surface area contributed by atoms with Crippen molar-refractivity contribution in [2.75, 3.05) is 20.3 Å². The van der Waals surface area contributed by atoms with Gasteiger partial charge < -0.3 is 14.5 Å². The standard InChI is InChI=1S/C18H23N3O3/c1-13(12-23-2)19-17(22)18-20-15-11-21(9-8-16(15)24-18)10-14-6-4-3-5-7-14/h3-7,13H,8-12H2,1-2H3,(H,19,22)/t13-/m0/s1. The SMILES string of the molecule is COC[C@H](C)NC(=O)c1nc2c(o1)CCN(Cc1ccccc1)C2. The molecule has 0 unspecified atom stereocenters. The molecule has 2 aromatic rings. The van der Waals surface area contributed by atoms with Gasteiger partial charge in [-0.1, -0.05) is 30.3 Å². The Bertz CT molecular complexity index is 684. The van der Waals surface area contributed by atoms with Gasteiger partial charge in [0.1, 0.15) is 5.76 Å². The predicted molar refractivity (Wildman–Crippen MR) is 89.6 cm³/mol. The number of hydrogen-bond acceptors (Lipinski definition) is 5. The van der Waals surface area contributed by atoms with E-state index in [0.717, 1.165) is 31.0 Å². The third-order valence-corrected chi connectivity index (χ3v) is 4.04. The van der Waals surface area contributed by atoms with Crippen molar-refractivity contribution in [3.8, 4) is 0 Å². The Balaban J connectivity index is 1.63. The van der Waals surface area contributed by atoms with Crippen molar-refractivity contribution < 1.29 is 13.9 Å². The van der Waals surface area contributed by atoms with E-state index in [-0.39, 0.29) is 17.8 Å². The van der Waals surface area contributed by atoms with Crippen LogP contribution in [0.5, 0.6) is 0 Å². The van der Waals surface area contributed by atoms with Crippen LogP contribution in [-0.2, 0) is 24.2 Å². The Morgan fingerprint density at radius 3 is 2.96 bits per heavy atom. The van der Waals surface area contributed by atoms with Crippen LogP contribution in [-0.4, -0.2) is 42.1 Å². The van der Waals surface area contributed by atoms with E-state index in [9.17, 15) is 4.79 Å². The van der Waals surface area contributed by atoms with E-state index in [1.165, 1.54) is 5.56 Å². The molecule has 1 aliphatic heterocycles. The van der Waals surface area contributed by atoms with E-state index >= 15 is 0 Å². The van der Waals surface area contributed by atoms with Crippen molar-refractivity contribution in [3.63, 3.8) is 0 Å². The number of rotatable bonds is 6. The second kappa shape index (κ2) is 7.59. The van der Waals surface area contributed by atoms with Crippen LogP contribution < -0.4 is 5.32 Å². The largest absolute Gasteiger partial charge is 0.437 e. The average molecular weight is 329 g/mol. The fourth-order valence-electron chi connectivity index (χ4n) is 2.90. The second-order valence-corrected chi connectivity index (χ2v) is 6.16. The van der Waals surface area contributed by atoms with Crippen LogP contribution in [0.4, 0.5) is 0 Å². The Kier molecular flexibility index (Phi) is 5.27. The summed E-state index contributed by atoms with van der Waals surface area (Å²) in [4.78, 5) is 18.9. The molecule has 0 radical (unpaired) electrons. The number of fused-ring (bicyclic) bond motifs is 1. The summed E-state index contributed by atoms with van der Waals surface area (Å²) in [6, 6.07) is 10.3. The lowest BCUT2D eigenvalue weighted by Crippen LogP contribution is -2.35. The maximum absolute atomic E-state index is 12.2. The lowest BCUT2D eigenvalue weighted by Gasteiger charge is -2.24. The number of carbonyl (C=O) groups is 1. The zero-order chi connectivity index (χ0) is 16.9. The van der Waals surface area contributed by atoms with Gasteiger partial charge >= 0.3 is 5.91 Å². The number of ether oxygens (including phenoxy) is 1. The predicted octanol–water partition coefficient (Wildman–Crippen LogP) is 2.00. The summed E-state index contributed by atoms with van der Waals surface area (Å²) in [6.07, 6.45) is 0.774. The lowest BCUT2D eigenvalue weighted by molar-refractivity contribution is 0.0869. The third kappa shape index (κ3) is 4.01. The summed E-state index contributed by atoms with van der Waals surface area (Å²) in [5, 5.41) is 2.82. The fourth-order valence-corrected chi connectivity index (χ4v) is 2.90. The average Bonchev–Trinajstić information content (AvgIpc) is 2.99. The highest BCUT2D eigenvalue weighted by atomic mass is 16.5. The van der Waals surface area contributed by atoms with Crippen LogP contribution in [0.25, 0.3) is 0 Å². The molecule has 6 nitrogen and oxygen atoms in total. The molecular formula is C18H23N3O3. The Morgan fingerprint density at radius 1 is 1.42 bits per heavy atom. The highest BCUT2D eigenvalue weighted by Gasteiger charge is 2.25. The van der Waals surface area contributed by atoms with Crippen LogP contribution >= 0.6 is 0 Å². The lowest BCUT2D eigenvalue weighted by atomic mass is 10.1. The summed E-state index contributed by atoms with van der Waals surface area (Å²) in [6.45, 7) is 4.81. The number of amides is 1. The minimum atomic E-state index is -0.288. The van der Waals surface area contributed by atoms with E-state index in [0.29, 0.717) is 13.2 Å². The summed E-state index contributed by atoms with van der Waals surface area (Å²) >= 11 is 0. The molecule has 1 atom stereocenters. The number of aromatic nitrogens is 1. The molecule has 24 heavy (non-hydrogen) atoms. The third-order valence-electron chi connectivity index (χ3n) is 4.04. The molecule has 1 aliphatic rings. The van der Waals surface area contributed by atoms with Crippen LogP contribution in [0.1, 0.15) is 34.6 Å². The van der Waals surface area contributed by atoms with E-state index in [4.69, 9.17) is 9.15 Å². The molecule has 1 aromatic carbocycles. The Morgan fingerprint density at radius 2 is 2.21 bits per heavy atom. The zero-order valence-electron chi connectivity index (χ0n) is 14.1. The van der Waals surface area contributed by atoms with Crippen molar-refractivity contribution in [2.45, 2.75) is 32.5 Å². The van der Waals surface area contributed by atoms with Gasteiger partial charge in [0.05, 0.1) is 12.3 Å². The molecule has 0 spiro atoms. The molecule has 128 valence electrons. The minimum Gasteiger partial charge on any atom is -0.437 e. The van der Waals surface area contributed by atoms with Crippen molar-refractivity contribution in [1.82, 2.24) is 15.2 Å². The van der Waals surface area contributed by atoms with E-state index < -0.39 is 0 Å². The van der Waals surface area contributed by atoms with E-state index in [1.807, 2.05) is 25.1 Å². The van der Waals surface area contributed by atoms with Gasteiger partial charge in [0.2, 0.25) is 0 Å². The van der Waals surface area contributed by atoms with Crippen molar-refractivity contribution in [3.05, 3.63) is 53.2 Å². The molecule has 2 heterocycles. The summed E-state index contributed by atoms with van der Waals surface area (Å²) in [5.41, 5.74) is 2.14. The molecule has 1 amide bonds. The summed E-state index contributed by atoms with van der Waals surface area (Å²) < 4.78 is 10.7. The topological polar surface area (TPSA) is 67.6 Å². The van der Waals surface area contributed by atoms with Gasteiger partial charge in [-0.05, 0) is 12.5 Å². The molecule has 6 heteroatoms. The molecule has 0 saturated carbocycles. The van der Waals surface area contributed by atoms with E-state index in [2.05, 4.69) is 27.3 Å². The fraction of sp³-hybridized carbons (Fsp3) is 0.444. The van der Waals surface area contributed by atoms with Gasteiger partial charge in [-0.3, -0.25) is 9.69 Å². The maximum atomic E-state index is 12.2. The highest BCUT2D eigenvalue weighted by Crippen LogP contribution is 2.21. The first-order valence-corrected chi connectivity index (χ1v) is 8.20. The van der Waals surface area contributed by atoms with E-state index in [1.54, 1.807) is 7.11 Å². The first kappa shape index (κ1) is 16.7. The molecule has 0 fully saturated rings. The van der Waals surface area contributed by atoms with Crippen LogP contribution in [0.15, 0.2) is 34.7 Å². The zero-order valence-corrected chi connectivity index (χ0v) is 14.1. The van der Waals surface area contributed by atoms with Gasteiger partial charge in [0.15, 0.2) is 0 Å². The number of oxazole rings is 1. The molecular weight excluding hydrogens is 306 g/mol. The maximum Gasteiger partial charge on any atom is 0.307 e. The monoisotopic (exact) mass is 329 g/mol. The van der Waals surface area contributed by atoms with Gasteiger partial charge in [-0.25, -0.2) is 4.98 Å². The number of benzene rings is 1. The molecule has 0 bridgehead atoms. The quantitative estimate of drug-likeness (QED) is 0.878. The number of nitrogens with zero attached hydrogens (tertiary/aromatic N) is 2. The number of carbonyl (C=O) groups excluding carboxylic acids is 1. The molecule has 0 aliphatic carbocycles. The van der Waals surface area contributed by atoms with Crippen LogP contribution in [0.2, 0.25) is 0 Å². The Hall–Kier alpha value is -2.18. The first-order chi connectivity index (χ1) is 11.7. The van der Waals surface area contributed by atoms with Crippen molar-refractivity contribution in [2.24, 2.45) is 0 Å². The Labute approximate surface area is 141 Å². The molecule has 3 rings (SSSR count). The minimum absolute atomic E-state index is 0.0824. The number of nitrogens with one attached hydrogen (secondary N) is 1. The van der Waals surface area contributed by atoms with Crippen LogP contribution in [0.3, 0.4) is 0 Å². The van der Waals surface area contributed by atoms with Crippen molar-refractivity contribution in [1.29, 1.82) is 0 Å². The normalized spacial score (nSPS) is 15.8.